The third kappa shape index (κ3) is 3.36. The third-order valence-electron chi connectivity index (χ3n) is 7.24. The molecule has 2 aliphatic rings. The summed E-state index contributed by atoms with van der Waals surface area (Å²) >= 11 is 13.2. The molecule has 8 heteroatoms. The van der Waals surface area contributed by atoms with Crippen molar-refractivity contribution in [3.05, 3.63) is 86.7 Å². The van der Waals surface area contributed by atoms with Crippen molar-refractivity contribution in [1.29, 1.82) is 0 Å². The lowest BCUT2D eigenvalue weighted by atomic mass is 9.86. The molecule has 6 rings (SSSR count). The molecule has 0 radical (unpaired) electrons. The minimum atomic E-state index is -0.384. The van der Waals surface area contributed by atoms with E-state index >= 15 is 0 Å². The van der Waals surface area contributed by atoms with Gasteiger partial charge >= 0.3 is 0 Å². The molecule has 3 heterocycles. The number of ether oxygens (including phenoxy) is 1. The van der Waals surface area contributed by atoms with Crippen molar-refractivity contribution < 1.29 is 14.6 Å². The Kier molecular flexibility index (Phi) is 5.60. The van der Waals surface area contributed by atoms with Gasteiger partial charge in [0.2, 0.25) is 0 Å². The molecule has 1 unspecified atom stereocenters. The number of carbonyl (C=O) groups is 1. The molecule has 1 N–H and O–H groups in total. The van der Waals surface area contributed by atoms with Crippen molar-refractivity contribution in [3.63, 3.8) is 0 Å². The summed E-state index contributed by atoms with van der Waals surface area (Å²) in [6, 6.07) is 14.7. The van der Waals surface area contributed by atoms with Crippen LogP contribution in [0.1, 0.15) is 58.8 Å². The van der Waals surface area contributed by atoms with E-state index in [1.807, 2.05) is 54.3 Å². The molecule has 3 aromatic carbocycles. The number of methoxy groups -OCH3 is 1. The van der Waals surface area contributed by atoms with E-state index in [1.165, 1.54) is 0 Å². The van der Waals surface area contributed by atoms with Gasteiger partial charge in [0.25, 0.3) is 5.91 Å². The highest BCUT2D eigenvalue weighted by Gasteiger charge is 2.49. The van der Waals surface area contributed by atoms with Crippen LogP contribution in [-0.2, 0) is 6.61 Å². The standard InChI is InChI=1S/C29H25Cl2N3O3/c1-14(2)33-27-24(32-28(33)19-8-6-16(13-35)11-22(19)37-4)29(36)34-25-15(3)5-10-21(31)23(25)20-12-17(30)7-9-18(20)26(27)34/h5-12,14,26,35H,13H2,1-4H3. The van der Waals surface area contributed by atoms with Crippen LogP contribution in [0.4, 0.5) is 5.69 Å². The van der Waals surface area contributed by atoms with Crippen molar-refractivity contribution in [2.24, 2.45) is 0 Å². The SMILES string of the molecule is COc1cc(CO)ccc1-c1nc2c(n1C(C)C)C1c3ccc(Cl)cc3-c3c(Cl)ccc(C)c3N1C2=O. The van der Waals surface area contributed by atoms with Gasteiger partial charge in [0.05, 0.1) is 35.7 Å². The third-order valence-corrected chi connectivity index (χ3v) is 7.79. The van der Waals surface area contributed by atoms with Crippen LogP contribution in [0.15, 0.2) is 48.5 Å². The average Bonchev–Trinajstić information content (AvgIpc) is 3.41. The van der Waals surface area contributed by atoms with Crippen LogP contribution in [0.3, 0.4) is 0 Å². The number of benzene rings is 3. The summed E-state index contributed by atoms with van der Waals surface area (Å²) in [6.45, 7) is 6.05. The van der Waals surface area contributed by atoms with Crippen molar-refractivity contribution in [1.82, 2.24) is 9.55 Å². The number of aliphatic hydroxyl groups is 1. The van der Waals surface area contributed by atoms with Gasteiger partial charge in [0.15, 0.2) is 5.69 Å². The molecule has 1 aromatic heterocycles. The zero-order valence-electron chi connectivity index (χ0n) is 20.8. The highest BCUT2D eigenvalue weighted by molar-refractivity contribution is 6.35. The van der Waals surface area contributed by atoms with Crippen LogP contribution >= 0.6 is 23.2 Å². The molecule has 0 aliphatic carbocycles. The monoisotopic (exact) mass is 533 g/mol. The largest absolute Gasteiger partial charge is 0.496 e. The first kappa shape index (κ1) is 24.0. The van der Waals surface area contributed by atoms with E-state index in [9.17, 15) is 9.90 Å². The molecule has 37 heavy (non-hydrogen) atoms. The fourth-order valence-electron chi connectivity index (χ4n) is 5.69. The van der Waals surface area contributed by atoms with Crippen LogP contribution in [0, 0.1) is 6.92 Å². The Balaban J connectivity index is 1.66. The summed E-state index contributed by atoms with van der Waals surface area (Å²) in [5.74, 6) is 1.07. The molecule has 0 spiro atoms. The van der Waals surface area contributed by atoms with Gasteiger partial charge in [-0.05, 0) is 73.4 Å². The van der Waals surface area contributed by atoms with Gasteiger partial charge in [0, 0.05) is 16.6 Å². The Morgan fingerprint density at radius 2 is 1.86 bits per heavy atom. The van der Waals surface area contributed by atoms with Crippen LogP contribution in [0.25, 0.3) is 22.5 Å². The Hall–Kier alpha value is -3.32. The number of rotatable bonds is 4. The summed E-state index contributed by atoms with van der Waals surface area (Å²) in [7, 11) is 1.59. The number of aliphatic hydroxyl groups excluding tert-OH is 1. The number of hydrogen-bond acceptors (Lipinski definition) is 4. The molecule has 0 saturated heterocycles. The Bertz CT molecular complexity index is 1610. The van der Waals surface area contributed by atoms with E-state index < -0.39 is 0 Å². The maximum absolute atomic E-state index is 14.1. The highest BCUT2D eigenvalue weighted by atomic mass is 35.5. The molecule has 1 atom stereocenters. The van der Waals surface area contributed by atoms with Crippen LogP contribution in [-0.4, -0.2) is 27.7 Å². The molecule has 6 nitrogen and oxygen atoms in total. The number of imidazole rings is 1. The topological polar surface area (TPSA) is 67.6 Å². The number of nitrogens with zero attached hydrogens (tertiary/aromatic N) is 3. The smallest absolute Gasteiger partial charge is 0.279 e. The van der Waals surface area contributed by atoms with Crippen molar-refractivity contribution >= 4 is 34.8 Å². The number of halogens is 2. The van der Waals surface area contributed by atoms with E-state index in [2.05, 4.69) is 18.4 Å². The average molecular weight is 534 g/mol. The second-order valence-electron chi connectivity index (χ2n) is 9.72. The summed E-state index contributed by atoms with van der Waals surface area (Å²) in [5, 5.41) is 10.8. The molecular weight excluding hydrogens is 509 g/mol. The molecule has 0 saturated carbocycles. The summed E-state index contributed by atoms with van der Waals surface area (Å²) < 4.78 is 7.79. The number of fused-ring (bicyclic) bond motifs is 8. The van der Waals surface area contributed by atoms with Gasteiger partial charge in [-0.15, -0.1) is 0 Å². The predicted octanol–water partition coefficient (Wildman–Crippen LogP) is 6.98. The van der Waals surface area contributed by atoms with Crippen molar-refractivity contribution in [2.75, 3.05) is 12.0 Å². The summed E-state index contributed by atoms with van der Waals surface area (Å²) in [4.78, 5) is 20.9. The van der Waals surface area contributed by atoms with Gasteiger partial charge < -0.3 is 14.4 Å². The molecule has 2 aliphatic heterocycles. The number of hydrogen-bond donors (Lipinski definition) is 1. The highest BCUT2D eigenvalue weighted by Crippen LogP contribution is 2.56. The molecular formula is C29H25Cl2N3O3. The molecule has 0 bridgehead atoms. The van der Waals surface area contributed by atoms with E-state index in [-0.39, 0.29) is 24.6 Å². The molecule has 0 fully saturated rings. The first-order valence-electron chi connectivity index (χ1n) is 12.1. The first-order chi connectivity index (χ1) is 17.8. The lowest BCUT2D eigenvalue weighted by Crippen LogP contribution is -2.34. The van der Waals surface area contributed by atoms with Crippen LogP contribution in [0.5, 0.6) is 5.75 Å². The maximum atomic E-state index is 14.1. The normalized spacial score (nSPS) is 15.5. The lowest BCUT2D eigenvalue weighted by Gasteiger charge is -2.37. The zero-order chi connectivity index (χ0) is 26.2. The van der Waals surface area contributed by atoms with Crippen molar-refractivity contribution in [2.45, 2.75) is 39.5 Å². The second kappa shape index (κ2) is 8.62. The number of aryl methyl sites for hydroxylation is 1. The van der Waals surface area contributed by atoms with Gasteiger partial charge in [-0.3, -0.25) is 9.69 Å². The molecule has 1 amide bonds. The fourth-order valence-corrected chi connectivity index (χ4v) is 6.11. The van der Waals surface area contributed by atoms with E-state index in [1.54, 1.807) is 13.2 Å². The summed E-state index contributed by atoms with van der Waals surface area (Å²) in [6.07, 6.45) is 0. The minimum Gasteiger partial charge on any atom is -0.496 e. The number of anilines is 1. The van der Waals surface area contributed by atoms with E-state index in [0.717, 1.165) is 44.8 Å². The quantitative estimate of drug-likeness (QED) is 0.307. The van der Waals surface area contributed by atoms with E-state index in [4.69, 9.17) is 32.9 Å². The first-order valence-corrected chi connectivity index (χ1v) is 12.8. The van der Waals surface area contributed by atoms with Crippen molar-refractivity contribution in [3.8, 4) is 28.3 Å². The fraction of sp³-hybridized carbons (Fsp3) is 0.241. The van der Waals surface area contributed by atoms with Gasteiger partial charge in [-0.25, -0.2) is 4.98 Å². The van der Waals surface area contributed by atoms with Crippen LogP contribution in [0.2, 0.25) is 10.0 Å². The van der Waals surface area contributed by atoms with Gasteiger partial charge in [-0.2, -0.15) is 0 Å². The second-order valence-corrected chi connectivity index (χ2v) is 10.6. The minimum absolute atomic E-state index is 0.00108. The van der Waals surface area contributed by atoms with E-state index in [0.29, 0.717) is 27.3 Å². The predicted molar refractivity (Wildman–Crippen MR) is 146 cm³/mol. The van der Waals surface area contributed by atoms with Crippen LogP contribution < -0.4 is 9.64 Å². The van der Waals surface area contributed by atoms with Gasteiger partial charge in [0.1, 0.15) is 17.6 Å². The molecule has 4 aromatic rings. The lowest BCUT2D eigenvalue weighted by molar-refractivity contribution is 0.0989. The Morgan fingerprint density at radius 3 is 2.57 bits per heavy atom. The summed E-state index contributed by atoms with van der Waals surface area (Å²) in [5.41, 5.74) is 7.16. The Labute approximate surface area is 225 Å². The van der Waals surface area contributed by atoms with Gasteiger partial charge in [-0.1, -0.05) is 41.4 Å². The maximum Gasteiger partial charge on any atom is 0.279 e. The number of aromatic nitrogens is 2. The zero-order valence-corrected chi connectivity index (χ0v) is 22.4. The Morgan fingerprint density at radius 1 is 1.08 bits per heavy atom. The number of amides is 1. The molecule has 188 valence electrons. The number of carbonyl (C=O) groups excluding carboxylic acids is 1.